The van der Waals surface area contributed by atoms with Gasteiger partial charge in [0.05, 0.1) is 40.6 Å². The number of H-pyrrole nitrogens is 1. The number of nitrogens with zero attached hydrogens (tertiary/aromatic N) is 6. The molecule has 0 aliphatic rings. The normalized spacial score (nSPS) is 12.1. The Kier molecular flexibility index (Phi) is 7.13. The molecule has 0 radical (unpaired) electrons. The number of aromatic amines is 1. The smallest absolute Gasteiger partial charge is 0.362 e. The van der Waals surface area contributed by atoms with Gasteiger partial charge in [-0.25, -0.2) is 18.5 Å². The highest BCUT2D eigenvalue weighted by atomic mass is 32.2. The molecule has 6 rings (SSSR count). The first-order valence-electron chi connectivity index (χ1n) is 13.2. The number of amides is 1. The van der Waals surface area contributed by atoms with Crippen molar-refractivity contribution in [3.8, 4) is 17.5 Å². The van der Waals surface area contributed by atoms with Crippen LogP contribution in [0.2, 0.25) is 0 Å². The third-order valence-electron chi connectivity index (χ3n) is 6.78. The van der Waals surface area contributed by atoms with Crippen molar-refractivity contribution < 1.29 is 17.7 Å². The summed E-state index contributed by atoms with van der Waals surface area (Å²) in [6.07, 6.45) is 5.78. The number of benzene rings is 2. The molecule has 1 amide bonds. The molecule has 0 fully saturated rings. The second-order valence-corrected chi connectivity index (χ2v) is 11.6. The van der Waals surface area contributed by atoms with Crippen LogP contribution in [0.5, 0.6) is 0 Å². The van der Waals surface area contributed by atoms with Gasteiger partial charge < -0.3 is 16.8 Å². The molecule has 14 nitrogen and oxygen atoms in total. The first kappa shape index (κ1) is 28.3. The first-order valence-corrected chi connectivity index (χ1v) is 14.8. The molecule has 44 heavy (non-hydrogen) atoms. The average Bonchev–Trinajstić information content (AvgIpc) is 3.64. The molecule has 0 aliphatic heterocycles. The van der Waals surface area contributed by atoms with Gasteiger partial charge in [-0.05, 0) is 36.2 Å². The Morgan fingerprint density at radius 2 is 1.93 bits per heavy atom. The van der Waals surface area contributed by atoms with Crippen LogP contribution in [-0.2, 0) is 10.0 Å². The number of carbonyl (C=O) groups is 1. The van der Waals surface area contributed by atoms with Crippen molar-refractivity contribution in [2.45, 2.75) is 13.0 Å². The van der Waals surface area contributed by atoms with Gasteiger partial charge in [0.15, 0.2) is 11.4 Å². The SMILES string of the molecule is CC(NC(=O)c1c(N)[nH][n+]2cccnc12)c1nc2cccc(C#Cc3cnn(S(=O)(=O)CN)c3)c2c(=O)n1-c1ccccc1. The Morgan fingerprint density at radius 3 is 2.70 bits per heavy atom. The number of fused-ring (bicyclic) bond motifs is 2. The van der Waals surface area contributed by atoms with Gasteiger partial charge in [0.1, 0.15) is 24.1 Å². The van der Waals surface area contributed by atoms with Gasteiger partial charge in [-0.1, -0.05) is 36.1 Å². The van der Waals surface area contributed by atoms with E-state index in [0.717, 1.165) is 4.09 Å². The molecule has 6 aromatic rings. The van der Waals surface area contributed by atoms with Crippen molar-refractivity contribution in [3.63, 3.8) is 0 Å². The topological polar surface area (TPSA) is 201 Å². The molecule has 0 saturated carbocycles. The second-order valence-electron chi connectivity index (χ2n) is 9.68. The van der Waals surface area contributed by atoms with E-state index in [1.54, 1.807) is 67.8 Å². The molecule has 2 aromatic carbocycles. The van der Waals surface area contributed by atoms with Crippen molar-refractivity contribution in [2.24, 2.45) is 5.73 Å². The number of rotatable bonds is 6. The van der Waals surface area contributed by atoms with E-state index in [1.165, 1.54) is 21.5 Å². The predicted octanol–water partition coefficient (Wildman–Crippen LogP) is 0.611. The fourth-order valence-corrected chi connectivity index (χ4v) is 5.33. The summed E-state index contributed by atoms with van der Waals surface area (Å²) in [7, 11) is -3.78. The van der Waals surface area contributed by atoms with E-state index >= 15 is 0 Å². The third-order valence-corrected chi connectivity index (χ3v) is 7.97. The third kappa shape index (κ3) is 5.04. The summed E-state index contributed by atoms with van der Waals surface area (Å²) in [4.78, 5) is 36.7. The van der Waals surface area contributed by atoms with Gasteiger partial charge >= 0.3 is 5.65 Å². The van der Waals surface area contributed by atoms with Crippen LogP contribution in [0, 0.1) is 11.8 Å². The van der Waals surface area contributed by atoms with Crippen LogP contribution >= 0.6 is 0 Å². The van der Waals surface area contributed by atoms with Gasteiger partial charge in [0.2, 0.25) is 0 Å². The summed E-state index contributed by atoms with van der Waals surface area (Å²) in [6.45, 7) is 1.72. The molecule has 1 atom stereocenters. The molecule has 6 N–H and O–H groups in total. The quantitative estimate of drug-likeness (QED) is 0.154. The van der Waals surface area contributed by atoms with Crippen molar-refractivity contribution in [3.05, 3.63) is 112 Å². The zero-order chi connectivity index (χ0) is 31.0. The molecule has 0 aliphatic carbocycles. The van der Waals surface area contributed by atoms with E-state index in [1.807, 2.05) is 6.07 Å². The van der Waals surface area contributed by atoms with Crippen LogP contribution in [-0.4, -0.2) is 49.0 Å². The highest BCUT2D eigenvalue weighted by molar-refractivity contribution is 7.89. The fraction of sp³-hybridized carbons (Fsp3) is 0.103. The number of anilines is 1. The first-order chi connectivity index (χ1) is 21.2. The zero-order valence-corrected chi connectivity index (χ0v) is 24.0. The maximum Gasteiger partial charge on any atom is 0.362 e. The Hall–Kier alpha value is -5.85. The lowest BCUT2D eigenvalue weighted by Gasteiger charge is -2.19. The summed E-state index contributed by atoms with van der Waals surface area (Å²) in [6, 6.07) is 14.9. The van der Waals surface area contributed by atoms with Crippen molar-refractivity contribution in [1.29, 1.82) is 0 Å². The summed E-state index contributed by atoms with van der Waals surface area (Å²) in [5.41, 5.74) is 13.1. The van der Waals surface area contributed by atoms with Gasteiger partial charge in [-0.15, -0.1) is 4.52 Å². The predicted molar refractivity (Wildman–Crippen MR) is 161 cm³/mol. The molecule has 0 spiro atoms. The highest BCUT2D eigenvalue weighted by Crippen LogP contribution is 2.21. The van der Waals surface area contributed by atoms with Crippen LogP contribution in [0.3, 0.4) is 0 Å². The van der Waals surface area contributed by atoms with Crippen LogP contribution in [0.1, 0.15) is 40.3 Å². The lowest BCUT2D eigenvalue weighted by Crippen LogP contribution is -2.34. The molecule has 220 valence electrons. The summed E-state index contributed by atoms with van der Waals surface area (Å²) in [5.74, 6) is 5.11. The Labute approximate surface area is 250 Å². The van der Waals surface area contributed by atoms with Gasteiger partial charge in [-0.2, -0.15) is 9.19 Å². The fourth-order valence-electron chi connectivity index (χ4n) is 4.72. The molecule has 0 bridgehead atoms. The Morgan fingerprint density at radius 1 is 1.14 bits per heavy atom. The number of nitrogens with one attached hydrogen (secondary N) is 2. The van der Waals surface area contributed by atoms with Gasteiger partial charge in [-0.3, -0.25) is 14.2 Å². The van der Waals surface area contributed by atoms with Crippen molar-refractivity contribution >= 4 is 38.3 Å². The van der Waals surface area contributed by atoms with Gasteiger partial charge in [0.25, 0.3) is 21.5 Å². The van der Waals surface area contributed by atoms with E-state index in [4.69, 9.17) is 16.5 Å². The minimum atomic E-state index is -3.78. The Balaban J connectivity index is 1.45. The molecule has 4 heterocycles. The number of aromatic nitrogens is 7. The van der Waals surface area contributed by atoms with E-state index in [0.29, 0.717) is 28.0 Å². The standard InChI is InChI=1S/C29H24N10O4S/c1-18(34-28(40)24-25(31)36-37-14-6-13-32-27(24)37)26-35-22-10-5-7-20(12-11-19-15-33-38(16-19)44(42,43)17-30)23(22)29(41)39(26)21-8-3-2-4-9-21/h2-10,13-16,18H,17,30H2,1H3,(H3,31,34,36,40)/p+1. The number of hydrogen-bond donors (Lipinski definition) is 4. The van der Waals surface area contributed by atoms with Gasteiger partial charge in [0, 0.05) is 11.6 Å². The number of para-hydroxylation sites is 1. The largest absolute Gasteiger partial charge is 0.382 e. The molecular weight excluding hydrogens is 584 g/mol. The average molecular weight is 610 g/mol. The number of carbonyl (C=O) groups excluding carboxylic acids is 1. The summed E-state index contributed by atoms with van der Waals surface area (Å²) < 4.78 is 27.7. The van der Waals surface area contributed by atoms with E-state index in [-0.39, 0.29) is 22.6 Å². The molecular formula is C29H25N10O4S+. The van der Waals surface area contributed by atoms with Crippen LogP contribution < -0.4 is 26.9 Å². The summed E-state index contributed by atoms with van der Waals surface area (Å²) in [5, 5.41) is 9.85. The summed E-state index contributed by atoms with van der Waals surface area (Å²) >= 11 is 0. The number of hydrogen-bond acceptors (Lipinski definition) is 9. The molecule has 4 aromatic heterocycles. The maximum atomic E-state index is 14.2. The number of nitrogens with two attached hydrogens (primary N) is 2. The molecule has 0 saturated heterocycles. The minimum absolute atomic E-state index is 0.134. The second kappa shape index (κ2) is 11.1. The lowest BCUT2D eigenvalue weighted by atomic mass is 10.1. The van der Waals surface area contributed by atoms with Crippen molar-refractivity contribution in [2.75, 3.05) is 11.6 Å². The van der Waals surface area contributed by atoms with E-state index in [2.05, 4.69) is 32.3 Å². The van der Waals surface area contributed by atoms with Crippen LogP contribution in [0.15, 0.2) is 84.2 Å². The zero-order valence-electron chi connectivity index (χ0n) is 23.2. The van der Waals surface area contributed by atoms with E-state index < -0.39 is 33.4 Å². The number of nitrogen functional groups attached to an aromatic ring is 1. The van der Waals surface area contributed by atoms with Crippen LogP contribution in [0.4, 0.5) is 5.82 Å². The van der Waals surface area contributed by atoms with Crippen molar-refractivity contribution in [1.82, 2.24) is 34.1 Å². The molecule has 15 heteroatoms. The molecule has 1 unspecified atom stereocenters. The minimum Gasteiger partial charge on any atom is -0.382 e. The lowest BCUT2D eigenvalue weighted by molar-refractivity contribution is -0.577. The van der Waals surface area contributed by atoms with E-state index in [9.17, 15) is 18.0 Å². The highest BCUT2D eigenvalue weighted by Gasteiger charge is 2.27. The van der Waals surface area contributed by atoms with Crippen LogP contribution in [0.25, 0.3) is 22.2 Å². The maximum absolute atomic E-state index is 14.2. The monoisotopic (exact) mass is 609 g/mol. The Bertz CT molecular complexity index is 2300.